The van der Waals surface area contributed by atoms with Crippen molar-refractivity contribution >= 4 is 5.97 Å². The van der Waals surface area contributed by atoms with E-state index < -0.39 is 0 Å². The first kappa shape index (κ1) is 11.1. The van der Waals surface area contributed by atoms with E-state index in [1.54, 1.807) is 0 Å². The smallest absolute Gasteiger partial charge is 0.330 e. The molecule has 0 aromatic rings. The number of rotatable bonds is 2. The molecule has 0 spiro atoms. The van der Waals surface area contributed by atoms with Crippen LogP contribution in [-0.2, 0) is 9.53 Å². The molecule has 0 radical (unpaired) electrons. The number of hydrogen-bond acceptors (Lipinski definition) is 2. The van der Waals surface area contributed by atoms with Crippen LogP contribution in [0.2, 0.25) is 0 Å². The van der Waals surface area contributed by atoms with Gasteiger partial charge in [-0.3, -0.25) is 0 Å². The fourth-order valence-corrected chi connectivity index (χ4v) is 6.21. The second-order valence-corrected chi connectivity index (χ2v) is 7.10. The van der Waals surface area contributed by atoms with E-state index in [1.165, 1.54) is 25.3 Å². The maximum Gasteiger partial charge on any atom is 0.330 e. The van der Waals surface area contributed by atoms with Gasteiger partial charge in [-0.15, -0.1) is 0 Å². The summed E-state index contributed by atoms with van der Waals surface area (Å²) in [5, 5.41) is 0. The Bertz CT molecular complexity index is 402. The molecule has 0 N–H and O–H groups in total. The van der Waals surface area contributed by atoms with E-state index in [9.17, 15) is 4.79 Å². The normalized spacial score (nSPS) is 55.6. The van der Waals surface area contributed by atoms with Crippen LogP contribution >= 0.6 is 0 Å². The Hall–Kier alpha value is -0.790. The molecule has 4 aliphatic carbocycles. The lowest BCUT2D eigenvalue weighted by Gasteiger charge is -2.40. The molecule has 2 nitrogen and oxygen atoms in total. The predicted molar refractivity (Wildman–Crippen MR) is 68.6 cm³/mol. The van der Waals surface area contributed by atoms with Gasteiger partial charge in [0.25, 0.3) is 0 Å². The third-order valence-corrected chi connectivity index (χ3v) is 6.52. The van der Waals surface area contributed by atoms with E-state index in [0.717, 1.165) is 41.9 Å². The van der Waals surface area contributed by atoms with E-state index in [-0.39, 0.29) is 12.1 Å². The minimum absolute atomic E-state index is 0.202. The Morgan fingerprint density at radius 2 is 1.83 bits per heavy atom. The van der Waals surface area contributed by atoms with Gasteiger partial charge in [0.05, 0.1) is 0 Å². The average molecular weight is 246 g/mol. The van der Waals surface area contributed by atoms with Crippen LogP contribution < -0.4 is 0 Å². The van der Waals surface area contributed by atoms with E-state index in [2.05, 4.69) is 13.5 Å². The Balaban J connectivity index is 1.56. The quantitative estimate of drug-likeness (QED) is 0.425. The van der Waals surface area contributed by atoms with Gasteiger partial charge in [0.15, 0.2) is 0 Å². The zero-order valence-electron chi connectivity index (χ0n) is 11.0. The molecular formula is C16H22O2. The largest absolute Gasteiger partial charge is 0.459 e. The second kappa shape index (κ2) is 3.61. The van der Waals surface area contributed by atoms with Crippen molar-refractivity contribution < 1.29 is 9.53 Å². The van der Waals surface area contributed by atoms with Crippen LogP contribution in [0.1, 0.15) is 32.6 Å². The summed E-state index contributed by atoms with van der Waals surface area (Å²) in [7, 11) is 0. The Morgan fingerprint density at radius 3 is 2.61 bits per heavy atom. The van der Waals surface area contributed by atoms with Crippen molar-refractivity contribution in [3.63, 3.8) is 0 Å². The van der Waals surface area contributed by atoms with Crippen molar-refractivity contribution in [2.75, 3.05) is 0 Å². The fraction of sp³-hybridized carbons (Fsp3) is 0.812. The molecule has 4 aliphatic rings. The van der Waals surface area contributed by atoms with Crippen LogP contribution in [0.4, 0.5) is 0 Å². The van der Waals surface area contributed by atoms with Crippen LogP contribution in [0.25, 0.3) is 0 Å². The first-order valence-corrected chi connectivity index (χ1v) is 7.52. The number of fused-ring (bicyclic) bond motifs is 9. The number of esters is 1. The SMILES string of the molecule is C=CC(=O)OC1CC2CC1C1C3CC(CC3C)C21. The summed E-state index contributed by atoms with van der Waals surface area (Å²) in [4.78, 5) is 11.4. The summed E-state index contributed by atoms with van der Waals surface area (Å²) >= 11 is 0. The Labute approximate surface area is 109 Å². The molecule has 18 heavy (non-hydrogen) atoms. The number of carbonyl (C=O) groups excluding carboxylic acids is 1. The van der Waals surface area contributed by atoms with E-state index in [1.807, 2.05) is 0 Å². The Kier molecular flexibility index (Phi) is 2.22. The molecule has 2 heteroatoms. The molecule has 98 valence electrons. The molecule has 0 saturated heterocycles. The van der Waals surface area contributed by atoms with Crippen LogP contribution in [0.5, 0.6) is 0 Å². The third kappa shape index (κ3) is 1.27. The number of hydrogen-bond donors (Lipinski definition) is 0. The molecule has 0 heterocycles. The minimum Gasteiger partial charge on any atom is -0.459 e. The summed E-state index contributed by atoms with van der Waals surface area (Å²) in [5.41, 5.74) is 0. The number of carbonyl (C=O) groups is 1. The van der Waals surface area contributed by atoms with Gasteiger partial charge in [0.1, 0.15) is 6.10 Å². The summed E-state index contributed by atoms with van der Waals surface area (Å²) in [5.74, 6) is 6.00. The summed E-state index contributed by atoms with van der Waals surface area (Å²) < 4.78 is 5.59. The second-order valence-electron chi connectivity index (χ2n) is 7.10. The average Bonchev–Trinajstić information content (AvgIpc) is 3.04. The fourth-order valence-electron chi connectivity index (χ4n) is 6.21. The van der Waals surface area contributed by atoms with Crippen LogP contribution in [0.3, 0.4) is 0 Å². The lowest BCUT2D eigenvalue weighted by Crippen LogP contribution is -2.39. The van der Waals surface area contributed by atoms with Gasteiger partial charge in [-0.2, -0.15) is 0 Å². The zero-order chi connectivity index (χ0) is 12.4. The van der Waals surface area contributed by atoms with Crippen molar-refractivity contribution in [3.8, 4) is 0 Å². The lowest BCUT2D eigenvalue weighted by molar-refractivity contribution is -0.148. The van der Waals surface area contributed by atoms with Gasteiger partial charge in [0, 0.05) is 6.08 Å². The molecule has 4 fully saturated rings. The van der Waals surface area contributed by atoms with Gasteiger partial charge in [0.2, 0.25) is 0 Å². The molecule has 4 rings (SSSR count). The highest BCUT2D eigenvalue weighted by molar-refractivity contribution is 5.81. The van der Waals surface area contributed by atoms with Crippen molar-refractivity contribution in [2.45, 2.75) is 38.7 Å². The third-order valence-electron chi connectivity index (χ3n) is 6.52. The maximum absolute atomic E-state index is 11.4. The van der Waals surface area contributed by atoms with Crippen molar-refractivity contribution in [3.05, 3.63) is 12.7 Å². The lowest BCUT2D eigenvalue weighted by atomic mass is 9.67. The molecule has 8 unspecified atom stereocenters. The molecule has 0 aromatic heterocycles. The molecule has 8 atom stereocenters. The first-order chi connectivity index (χ1) is 8.69. The molecule has 4 saturated carbocycles. The highest BCUT2D eigenvalue weighted by atomic mass is 16.5. The van der Waals surface area contributed by atoms with Gasteiger partial charge in [-0.05, 0) is 67.1 Å². The molecular weight excluding hydrogens is 224 g/mol. The van der Waals surface area contributed by atoms with E-state index in [0.29, 0.717) is 5.92 Å². The van der Waals surface area contributed by atoms with Gasteiger partial charge >= 0.3 is 5.97 Å². The van der Waals surface area contributed by atoms with Crippen LogP contribution in [-0.4, -0.2) is 12.1 Å². The predicted octanol–water partition coefficient (Wildman–Crippen LogP) is 3.03. The summed E-state index contributed by atoms with van der Waals surface area (Å²) in [6, 6.07) is 0. The monoisotopic (exact) mass is 246 g/mol. The highest BCUT2D eigenvalue weighted by Gasteiger charge is 2.64. The Morgan fingerprint density at radius 1 is 1.11 bits per heavy atom. The highest BCUT2D eigenvalue weighted by Crippen LogP contribution is 2.69. The van der Waals surface area contributed by atoms with Crippen LogP contribution in [0.15, 0.2) is 12.7 Å². The van der Waals surface area contributed by atoms with E-state index in [4.69, 9.17) is 4.74 Å². The van der Waals surface area contributed by atoms with Crippen molar-refractivity contribution in [1.82, 2.24) is 0 Å². The summed E-state index contributed by atoms with van der Waals surface area (Å²) in [6.07, 6.45) is 6.89. The van der Waals surface area contributed by atoms with Gasteiger partial charge in [-0.25, -0.2) is 4.79 Å². The molecule has 4 bridgehead atoms. The number of ether oxygens (including phenoxy) is 1. The van der Waals surface area contributed by atoms with Crippen molar-refractivity contribution in [2.24, 2.45) is 41.4 Å². The van der Waals surface area contributed by atoms with Gasteiger partial charge in [-0.1, -0.05) is 13.5 Å². The summed E-state index contributed by atoms with van der Waals surface area (Å²) in [6.45, 7) is 5.94. The van der Waals surface area contributed by atoms with E-state index >= 15 is 0 Å². The van der Waals surface area contributed by atoms with Gasteiger partial charge < -0.3 is 4.74 Å². The molecule has 0 amide bonds. The molecule has 0 aliphatic heterocycles. The maximum atomic E-state index is 11.4. The van der Waals surface area contributed by atoms with Crippen molar-refractivity contribution in [1.29, 1.82) is 0 Å². The van der Waals surface area contributed by atoms with Crippen LogP contribution in [0, 0.1) is 41.4 Å². The zero-order valence-corrected chi connectivity index (χ0v) is 11.0. The first-order valence-electron chi connectivity index (χ1n) is 7.52. The standard InChI is InChI=1S/C16H22O2/c1-3-14(17)18-13-7-10-6-12(13)16-11-5-9(15(10)16)4-8(11)2/h3,8-13,15-16H,1,4-7H2,2H3. The topological polar surface area (TPSA) is 26.3 Å². The molecule has 0 aromatic carbocycles. The minimum atomic E-state index is -0.222.